The molecule has 5 heteroatoms. The summed E-state index contributed by atoms with van der Waals surface area (Å²) >= 11 is 5.95. The van der Waals surface area contributed by atoms with Gasteiger partial charge >= 0.3 is 0 Å². The van der Waals surface area contributed by atoms with Crippen LogP contribution in [0.5, 0.6) is 17.2 Å². The largest absolute Gasteiger partial charge is 0.496 e. The highest BCUT2D eigenvalue weighted by molar-refractivity contribution is 6.31. The lowest BCUT2D eigenvalue weighted by atomic mass is 10.1. The lowest BCUT2D eigenvalue weighted by Gasteiger charge is -2.10. The average Bonchev–Trinajstić information content (AvgIpc) is 2.58. The summed E-state index contributed by atoms with van der Waals surface area (Å²) in [6.45, 7) is 0. The van der Waals surface area contributed by atoms with Gasteiger partial charge < -0.3 is 14.2 Å². The Bertz CT molecular complexity index is 738. The standard InChI is InChI=1S/C18H17ClO4/c1-21-16-10-8-13(19)11-14(16)15(20)9-7-12-5-4-6-17(22-2)18(12)23-3/h4-11H,1-3H3/b9-7+. The zero-order chi connectivity index (χ0) is 16.8. The molecule has 0 amide bonds. The van der Waals surface area contributed by atoms with E-state index >= 15 is 0 Å². The van der Waals surface area contributed by atoms with E-state index in [-0.39, 0.29) is 5.78 Å². The maximum absolute atomic E-state index is 12.4. The zero-order valence-corrected chi connectivity index (χ0v) is 13.9. The number of para-hydroxylation sites is 1. The Kier molecular flexibility index (Phi) is 5.66. The number of halogens is 1. The quantitative estimate of drug-likeness (QED) is 0.585. The van der Waals surface area contributed by atoms with Crippen LogP contribution in [0.2, 0.25) is 5.02 Å². The average molecular weight is 333 g/mol. The van der Waals surface area contributed by atoms with Crippen molar-refractivity contribution in [2.24, 2.45) is 0 Å². The van der Waals surface area contributed by atoms with E-state index in [0.717, 1.165) is 5.56 Å². The summed E-state index contributed by atoms with van der Waals surface area (Å²) in [5.41, 5.74) is 1.14. The number of methoxy groups -OCH3 is 3. The number of allylic oxidation sites excluding steroid dienone is 1. The predicted molar refractivity (Wildman–Crippen MR) is 90.9 cm³/mol. The van der Waals surface area contributed by atoms with Gasteiger partial charge in [0, 0.05) is 10.6 Å². The summed E-state index contributed by atoms with van der Waals surface area (Å²) in [4.78, 5) is 12.4. The summed E-state index contributed by atoms with van der Waals surface area (Å²) in [5, 5.41) is 0.474. The van der Waals surface area contributed by atoms with Crippen LogP contribution in [0.15, 0.2) is 42.5 Å². The van der Waals surface area contributed by atoms with Gasteiger partial charge in [-0.05, 0) is 36.4 Å². The first-order valence-corrected chi connectivity index (χ1v) is 7.25. The van der Waals surface area contributed by atoms with E-state index in [1.165, 1.54) is 13.2 Å². The predicted octanol–water partition coefficient (Wildman–Crippen LogP) is 4.26. The molecular weight excluding hydrogens is 316 g/mol. The molecule has 0 aliphatic carbocycles. The molecule has 2 aromatic rings. The summed E-state index contributed by atoms with van der Waals surface area (Å²) < 4.78 is 15.8. The van der Waals surface area contributed by atoms with Gasteiger partial charge in [0.1, 0.15) is 5.75 Å². The van der Waals surface area contributed by atoms with Crippen molar-refractivity contribution in [2.45, 2.75) is 0 Å². The first-order valence-electron chi connectivity index (χ1n) is 6.87. The number of hydrogen-bond donors (Lipinski definition) is 0. The Hall–Kier alpha value is -2.46. The van der Waals surface area contributed by atoms with Gasteiger partial charge in [-0.3, -0.25) is 4.79 Å². The second-order valence-corrected chi connectivity index (χ2v) is 5.06. The normalized spacial score (nSPS) is 10.6. The summed E-state index contributed by atoms with van der Waals surface area (Å²) in [7, 11) is 4.62. The van der Waals surface area contributed by atoms with Crippen molar-refractivity contribution in [3.63, 3.8) is 0 Å². The molecule has 0 aliphatic heterocycles. The van der Waals surface area contributed by atoms with E-state index < -0.39 is 0 Å². The SMILES string of the molecule is COc1ccc(Cl)cc1C(=O)/C=C/c1cccc(OC)c1OC. The van der Waals surface area contributed by atoms with Crippen molar-refractivity contribution in [3.8, 4) is 17.2 Å². The number of carbonyl (C=O) groups is 1. The Balaban J connectivity index is 2.34. The van der Waals surface area contributed by atoms with Gasteiger partial charge in [0.05, 0.1) is 26.9 Å². The molecule has 0 heterocycles. The summed E-state index contributed by atoms with van der Waals surface area (Å²) in [5.74, 6) is 1.43. The molecule has 0 atom stereocenters. The monoisotopic (exact) mass is 332 g/mol. The lowest BCUT2D eigenvalue weighted by molar-refractivity contribution is 0.104. The molecule has 0 aromatic heterocycles. The van der Waals surface area contributed by atoms with Crippen LogP contribution in [0, 0.1) is 0 Å². The van der Waals surface area contributed by atoms with Crippen LogP contribution >= 0.6 is 11.6 Å². The Labute approximate surface area is 140 Å². The van der Waals surface area contributed by atoms with Crippen molar-refractivity contribution in [2.75, 3.05) is 21.3 Å². The third-order valence-corrected chi connectivity index (χ3v) is 3.51. The molecule has 0 N–H and O–H groups in total. The zero-order valence-electron chi connectivity index (χ0n) is 13.1. The summed E-state index contributed by atoms with van der Waals surface area (Å²) in [6, 6.07) is 10.4. The van der Waals surface area contributed by atoms with Crippen LogP contribution in [0.4, 0.5) is 0 Å². The highest BCUT2D eigenvalue weighted by atomic mass is 35.5. The molecule has 0 radical (unpaired) electrons. The van der Waals surface area contributed by atoms with Gasteiger partial charge in [-0.2, -0.15) is 0 Å². The molecule has 23 heavy (non-hydrogen) atoms. The molecule has 2 rings (SSSR count). The van der Waals surface area contributed by atoms with Gasteiger partial charge in [-0.15, -0.1) is 0 Å². The number of benzene rings is 2. The molecule has 0 saturated carbocycles. The molecular formula is C18H17ClO4. The van der Waals surface area contributed by atoms with E-state index in [0.29, 0.717) is 27.8 Å². The number of ketones is 1. The molecule has 2 aromatic carbocycles. The van der Waals surface area contributed by atoms with Gasteiger partial charge in [-0.1, -0.05) is 23.7 Å². The van der Waals surface area contributed by atoms with Gasteiger partial charge in [-0.25, -0.2) is 0 Å². The fourth-order valence-electron chi connectivity index (χ4n) is 2.17. The lowest BCUT2D eigenvalue weighted by Crippen LogP contribution is -1.99. The smallest absolute Gasteiger partial charge is 0.189 e. The van der Waals surface area contributed by atoms with Crippen LogP contribution < -0.4 is 14.2 Å². The maximum atomic E-state index is 12.4. The number of hydrogen-bond acceptors (Lipinski definition) is 4. The van der Waals surface area contributed by atoms with Gasteiger partial charge in [0.2, 0.25) is 0 Å². The number of ether oxygens (including phenoxy) is 3. The highest BCUT2D eigenvalue weighted by Gasteiger charge is 2.11. The Morgan fingerprint density at radius 1 is 1.00 bits per heavy atom. The molecule has 120 valence electrons. The first-order chi connectivity index (χ1) is 11.1. The molecule has 0 aliphatic rings. The second-order valence-electron chi connectivity index (χ2n) is 4.62. The Morgan fingerprint density at radius 2 is 1.74 bits per heavy atom. The highest BCUT2D eigenvalue weighted by Crippen LogP contribution is 2.32. The third kappa shape index (κ3) is 3.85. The van der Waals surface area contributed by atoms with Crippen molar-refractivity contribution in [1.29, 1.82) is 0 Å². The van der Waals surface area contributed by atoms with Crippen molar-refractivity contribution in [3.05, 3.63) is 58.6 Å². The van der Waals surface area contributed by atoms with Gasteiger partial charge in [0.25, 0.3) is 0 Å². The van der Waals surface area contributed by atoms with E-state index in [1.54, 1.807) is 44.6 Å². The van der Waals surface area contributed by atoms with Crippen LogP contribution in [0.1, 0.15) is 15.9 Å². The fourth-order valence-corrected chi connectivity index (χ4v) is 2.34. The van der Waals surface area contributed by atoms with Crippen molar-refractivity contribution in [1.82, 2.24) is 0 Å². The molecule has 0 unspecified atom stereocenters. The third-order valence-electron chi connectivity index (χ3n) is 3.27. The molecule has 0 spiro atoms. The Morgan fingerprint density at radius 3 is 2.39 bits per heavy atom. The summed E-state index contributed by atoms with van der Waals surface area (Å²) in [6.07, 6.45) is 3.12. The minimum Gasteiger partial charge on any atom is -0.496 e. The van der Waals surface area contributed by atoms with Gasteiger partial charge in [0.15, 0.2) is 17.3 Å². The molecule has 0 fully saturated rings. The fraction of sp³-hybridized carbons (Fsp3) is 0.167. The minimum absolute atomic E-state index is 0.214. The number of rotatable bonds is 6. The van der Waals surface area contributed by atoms with Crippen LogP contribution in [0.25, 0.3) is 6.08 Å². The second kappa shape index (κ2) is 7.70. The van der Waals surface area contributed by atoms with E-state index in [1.807, 2.05) is 12.1 Å². The van der Waals surface area contributed by atoms with E-state index in [2.05, 4.69) is 0 Å². The molecule has 0 saturated heterocycles. The van der Waals surface area contributed by atoms with Crippen molar-refractivity contribution < 1.29 is 19.0 Å². The minimum atomic E-state index is -0.214. The van der Waals surface area contributed by atoms with Crippen LogP contribution in [-0.4, -0.2) is 27.1 Å². The van der Waals surface area contributed by atoms with E-state index in [9.17, 15) is 4.79 Å². The van der Waals surface area contributed by atoms with E-state index in [4.69, 9.17) is 25.8 Å². The topological polar surface area (TPSA) is 44.8 Å². The maximum Gasteiger partial charge on any atom is 0.189 e. The molecule has 0 bridgehead atoms. The molecule has 4 nitrogen and oxygen atoms in total. The van der Waals surface area contributed by atoms with Crippen molar-refractivity contribution >= 4 is 23.5 Å². The first kappa shape index (κ1) is 16.9. The van der Waals surface area contributed by atoms with Crippen LogP contribution in [0.3, 0.4) is 0 Å². The van der Waals surface area contributed by atoms with Crippen LogP contribution in [-0.2, 0) is 0 Å². The number of carbonyl (C=O) groups excluding carboxylic acids is 1.